The molecule has 0 aliphatic carbocycles. The molecule has 1 fully saturated rings. The van der Waals surface area contributed by atoms with Gasteiger partial charge in [0.05, 0.1) is 0 Å². The van der Waals surface area contributed by atoms with Crippen molar-refractivity contribution < 1.29 is 13.5 Å². The lowest BCUT2D eigenvalue weighted by atomic mass is 10.3. The van der Waals surface area contributed by atoms with Gasteiger partial charge in [0.2, 0.25) is 5.88 Å². The third-order valence-electron chi connectivity index (χ3n) is 2.40. The van der Waals surface area contributed by atoms with Crippen molar-refractivity contribution in [3.8, 4) is 5.88 Å². The molecular formula is C10H12F2N2O. The Bertz CT molecular complexity index is 327. The smallest absolute Gasteiger partial charge is 0.388 e. The summed E-state index contributed by atoms with van der Waals surface area (Å²) in [6.45, 7) is -0.873. The first kappa shape index (κ1) is 10.1. The molecule has 82 valence electrons. The number of hydrogen-bond acceptors (Lipinski definition) is 3. The van der Waals surface area contributed by atoms with Crippen molar-refractivity contribution in [2.24, 2.45) is 0 Å². The highest BCUT2D eigenvalue weighted by Crippen LogP contribution is 2.23. The maximum absolute atomic E-state index is 12.0. The van der Waals surface area contributed by atoms with Gasteiger partial charge in [-0.05, 0) is 18.9 Å². The first-order valence-electron chi connectivity index (χ1n) is 4.91. The van der Waals surface area contributed by atoms with Crippen LogP contribution in [0.4, 0.5) is 14.5 Å². The lowest BCUT2D eigenvalue weighted by Crippen LogP contribution is -2.17. The zero-order chi connectivity index (χ0) is 10.7. The summed E-state index contributed by atoms with van der Waals surface area (Å²) in [5.74, 6) is -0.0191. The van der Waals surface area contributed by atoms with E-state index in [-0.39, 0.29) is 5.88 Å². The van der Waals surface area contributed by atoms with Gasteiger partial charge in [0.15, 0.2) is 0 Å². The summed E-state index contributed by atoms with van der Waals surface area (Å²) >= 11 is 0. The fraction of sp³-hybridized carbons (Fsp3) is 0.500. The van der Waals surface area contributed by atoms with Crippen LogP contribution in [0.1, 0.15) is 12.8 Å². The topological polar surface area (TPSA) is 25.4 Å². The van der Waals surface area contributed by atoms with Crippen LogP contribution in [0.5, 0.6) is 5.88 Å². The zero-order valence-electron chi connectivity index (χ0n) is 8.20. The highest BCUT2D eigenvalue weighted by atomic mass is 19.3. The van der Waals surface area contributed by atoms with E-state index in [2.05, 4.69) is 14.6 Å². The van der Waals surface area contributed by atoms with E-state index in [1.54, 1.807) is 6.07 Å². The van der Waals surface area contributed by atoms with E-state index >= 15 is 0 Å². The van der Waals surface area contributed by atoms with Gasteiger partial charge in [0.25, 0.3) is 0 Å². The number of nitrogens with zero attached hydrogens (tertiary/aromatic N) is 2. The van der Waals surface area contributed by atoms with Gasteiger partial charge in [-0.3, -0.25) is 0 Å². The molecule has 0 spiro atoms. The van der Waals surface area contributed by atoms with Crippen LogP contribution >= 0.6 is 0 Å². The maximum atomic E-state index is 12.0. The van der Waals surface area contributed by atoms with Crippen molar-refractivity contribution >= 4 is 5.69 Å². The van der Waals surface area contributed by atoms with E-state index in [0.29, 0.717) is 0 Å². The van der Waals surface area contributed by atoms with Crippen LogP contribution in [0.25, 0.3) is 0 Å². The average Bonchev–Trinajstić information content (AvgIpc) is 2.69. The molecule has 1 aromatic rings. The summed E-state index contributed by atoms with van der Waals surface area (Å²) < 4.78 is 28.2. The van der Waals surface area contributed by atoms with Crippen molar-refractivity contribution in [2.75, 3.05) is 18.0 Å². The second-order valence-corrected chi connectivity index (χ2v) is 3.42. The van der Waals surface area contributed by atoms with Crippen LogP contribution < -0.4 is 9.64 Å². The van der Waals surface area contributed by atoms with Gasteiger partial charge in [-0.1, -0.05) is 0 Å². The summed E-state index contributed by atoms with van der Waals surface area (Å²) in [6.07, 6.45) is 3.78. The predicted octanol–water partition coefficient (Wildman–Crippen LogP) is 2.28. The Kier molecular flexibility index (Phi) is 2.99. The van der Waals surface area contributed by atoms with Gasteiger partial charge in [-0.15, -0.1) is 0 Å². The van der Waals surface area contributed by atoms with Crippen molar-refractivity contribution in [1.29, 1.82) is 0 Å². The minimum Gasteiger partial charge on any atom is -0.417 e. The summed E-state index contributed by atoms with van der Waals surface area (Å²) in [6, 6.07) is 3.36. The molecular weight excluding hydrogens is 202 g/mol. The number of hydrogen-bond donors (Lipinski definition) is 0. The van der Waals surface area contributed by atoms with E-state index in [0.717, 1.165) is 31.6 Å². The molecule has 3 nitrogen and oxygen atoms in total. The van der Waals surface area contributed by atoms with E-state index in [1.165, 1.54) is 6.20 Å². The van der Waals surface area contributed by atoms with Crippen molar-refractivity contribution in [3.05, 3.63) is 18.3 Å². The van der Waals surface area contributed by atoms with Crippen LogP contribution in [0.2, 0.25) is 0 Å². The van der Waals surface area contributed by atoms with Gasteiger partial charge in [0, 0.05) is 31.0 Å². The largest absolute Gasteiger partial charge is 0.417 e. The van der Waals surface area contributed by atoms with Crippen LogP contribution in [0.3, 0.4) is 0 Å². The fourth-order valence-electron chi connectivity index (χ4n) is 1.73. The van der Waals surface area contributed by atoms with Gasteiger partial charge in [-0.2, -0.15) is 8.78 Å². The maximum Gasteiger partial charge on any atom is 0.388 e. The number of halogens is 2. The number of pyridine rings is 1. The normalized spacial score (nSPS) is 16.1. The van der Waals surface area contributed by atoms with E-state index in [4.69, 9.17) is 0 Å². The molecule has 15 heavy (non-hydrogen) atoms. The van der Waals surface area contributed by atoms with Gasteiger partial charge >= 0.3 is 6.61 Å². The molecule has 2 heterocycles. The molecule has 2 rings (SSSR count). The van der Waals surface area contributed by atoms with Gasteiger partial charge < -0.3 is 9.64 Å². The van der Waals surface area contributed by atoms with Crippen molar-refractivity contribution in [3.63, 3.8) is 0 Å². The molecule has 5 heteroatoms. The Labute approximate surface area is 86.7 Å². The quantitative estimate of drug-likeness (QED) is 0.771. The monoisotopic (exact) mass is 214 g/mol. The minimum absolute atomic E-state index is 0.0191. The lowest BCUT2D eigenvalue weighted by molar-refractivity contribution is -0.0528. The zero-order valence-corrected chi connectivity index (χ0v) is 8.20. The Hall–Kier alpha value is -1.39. The van der Waals surface area contributed by atoms with E-state index in [1.807, 2.05) is 6.07 Å². The fourth-order valence-corrected chi connectivity index (χ4v) is 1.73. The summed E-state index contributed by atoms with van der Waals surface area (Å²) in [7, 11) is 0. The van der Waals surface area contributed by atoms with Crippen LogP contribution in [-0.2, 0) is 0 Å². The second-order valence-electron chi connectivity index (χ2n) is 3.42. The lowest BCUT2D eigenvalue weighted by Gasteiger charge is -2.17. The third-order valence-corrected chi connectivity index (χ3v) is 2.40. The molecule has 0 radical (unpaired) electrons. The van der Waals surface area contributed by atoms with E-state index < -0.39 is 6.61 Å². The Morgan fingerprint density at radius 2 is 2.07 bits per heavy atom. The summed E-state index contributed by atoms with van der Waals surface area (Å²) in [4.78, 5) is 5.86. The Morgan fingerprint density at radius 3 is 2.73 bits per heavy atom. The highest BCUT2D eigenvalue weighted by molar-refractivity contribution is 5.48. The first-order valence-corrected chi connectivity index (χ1v) is 4.91. The molecule has 0 atom stereocenters. The van der Waals surface area contributed by atoms with E-state index in [9.17, 15) is 8.78 Å². The molecule has 0 aromatic carbocycles. The summed E-state index contributed by atoms with van der Waals surface area (Å²) in [5.41, 5.74) is 0.901. The van der Waals surface area contributed by atoms with Crippen LogP contribution in [-0.4, -0.2) is 24.7 Å². The van der Waals surface area contributed by atoms with Crippen LogP contribution in [0.15, 0.2) is 18.3 Å². The number of alkyl halides is 2. The molecule has 1 aliphatic rings. The molecule has 1 aromatic heterocycles. The Balaban J connectivity index is 2.11. The SMILES string of the molecule is FC(F)Oc1cc(N2CCCC2)ccn1. The number of anilines is 1. The first-order chi connectivity index (χ1) is 7.25. The molecule has 0 N–H and O–H groups in total. The van der Waals surface area contributed by atoms with Crippen LogP contribution in [0, 0.1) is 0 Å². The molecule has 1 aliphatic heterocycles. The molecule has 0 unspecified atom stereocenters. The number of rotatable bonds is 3. The molecule has 0 saturated carbocycles. The molecule has 0 amide bonds. The average molecular weight is 214 g/mol. The number of aromatic nitrogens is 1. The highest BCUT2D eigenvalue weighted by Gasteiger charge is 2.14. The Morgan fingerprint density at radius 1 is 1.33 bits per heavy atom. The predicted molar refractivity (Wildman–Crippen MR) is 52.3 cm³/mol. The number of ether oxygens (including phenoxy) is 1. The summed E-state index contributed by atoms with van der Waals surface area (Å²) in [5, 5.41) is 0. The van der Waals surface area contributed by atoms with Crippen molar-refractivity contribution in [2.45, 2.75) is 19.5 Å². The standard InChI is InChI=1S/C10H12F2N2O/c11-10(12)15-9-7-8(3-4-13-9)14-5-1-2-6-14/h3-4,7,10H,1-2,5-6H2. The van der Waals surface area contributed by atoms with Gasteiger partial charge in [0.1, 0.15) is 0 Å². The van der Waals surface area contributed by atoms with Crippen molar-refractivity contribution in [1.82, 2.24) is 4.98 Å². The third kappa shape index (κ3) is 2.55. The van der Waals surface area contributed by atoms with Gasteiger partial charge in [-0.25, -0.2) is 4.98 Å². The molecule has 0 bridgehead atoms. The minimum atomic E-state index is -2.81. The second kappa shape index (κ2) is 4.42. The molecule has 1 saturated heterocycles.